The van der Waals surface area contributed by atoms with E-state index in [4.69, 9.17) is 9.47 Å². The molecule has 2 unspecified atom stereocenters. The summed E-state index contributed by atoms with van der Waals surface area (Å²) in [5.74, 6) is 1.90. The number of ether oxygens (including phenoxy) is 2. The Morgan fingerprint density at radius 2 is 1.72 bits per heavy atom. The fraction of sp³-hybridized carbons (Fsp3) is 0.909. The largest absolute Gasteiger partial charge is 0.450 e. The van der Waals surface area contributed by atoms with Gasteiger partial charge >= 0.3 is 6.09 Å². The number of carbonyl (C=O) groups is 2. The van der Waals surface area contributed by atoms with E-state index in [2.05, 4.69) is 9.80 Å². The second-order valence-corrected chi connectivity index (χ2v) is 10.2. The minimum atomic E-state index is -0.182. The number of carbonyl (C=O) groups excluding carboxylic acids is 2. The summed E-state index contributed by atoms with van der Waals surface area (Å²) in [5.41, 5.74) is 0.283. The van der Waals surface area contributed by atoms with Crippen LogP contribution in [0.3, 0.4) is 0 Å². The average molecular weight is 404 g/mol. The number of amides is 2. The van der Waals surface area contributed by atoms with E-state index < -0.39 is 0 Å². The molecule has 6 fully saturated rings. The molecule has 2 aliphatic carbocycles. The van der Waals surface area contributed by atoms with E-state index in [0.29, 0.717) is 49.5 Å². The van der Waals surface area contributed by atoms with Crippen LogP contribution in [-0.2, 0) is 14.3 Å². The zero-order chi connectivity index (χ0) is 19.8. The van der Waals surface area contributed by atoms with Crippen molar-refractivity contribution in [2.24, 2.45) is 17.8 Å². The Bertz CT molecular complexity index is 679. The van der Waals surface area contributed by atoms with Crippen LogP contribution in [0, 0.1) is 17.8 Å². The summed E-state index contributed by atoms with van der Waals surface area (Å²) in [7, 11) is 0. The normalized spacial score (nSPS) is 42.1. The lowest BCUT2D eigenvalue weighted by Gasteiger charge is -2.59. The van der Waals surface area contributed by atoms with Crippen molar-refractivity contribution in [2.45, 2.75) is 69.1 Å². The summed E-state index contributed by atoms with van der Waals surface area (Å²) in [6, 6.07) is 0.756. The van der Waals surface area contributed by atoms with Gasteiger partial charge in [-0.15, -0.1) is 0 Å². The molecule has 160 valence electrons. The lowest BCUT2D eigenvalue weighted by atomic mass is 9.67. The maximum atomic E-state index is 13.1. The highest BCUT2D eigenvalue weighted by molar-refractivity contribution is 5.84. The molecule has 2 saturated carbocycles. The first-order valence-electron chi connectivity index (χ1n) is 11.7. The molecule has 4 aliphatic heterocycles. The summed E-state index contributed by atoms with van der Waals surface area (Å²) >= 11 is 0. The molecule has 0 aromatic rings. The smallest absolute Gasteiger partial charge is 0.410 e. The van der Waals surface area contributed by atoms with Crippen molar-refractivity contribution in [3.05, 3.63) is 0 Å². The third kappa shape index (κ3) is 2.69. The standard InChI is InChI=1S/C22H33N3O4/c1-2-29-21(27)25-15-8-14(9-16(25)13-28-12-15)23-10-17-18(11-23)19(17)20(26)24-7-6-22(24)4-3-5-22/h14-19H,2-13H2,1H3/t14?,15?,16?,17-,18+,19+. The molecule has 29 heavy (non-hydrogen) atoms. The number of hydrogen-bond donors (Lipinski definition) is 0. The summed E-state index contributed by atoms with van der Waals surface area (Å²) in [6.07, 6.45) is 6.74. The van der Waals surface area contributed by atoms with Crippen molar-refractivity contribution in [1.82, 2.24) is 14.7 Å². The molecule has 6 rings (SSSR count). The predicted molar refractivity (Wildman–Crippen MR) is 105 cm³/mol. The quantitative estimate of drug-likeness (QED) is 0.718. The number of likely N-dealkylation sites (tertiary alicyclic amines) is 2. The van der Waals surface area contributed by atoms with E-state index in [9.17, 15) is 9.59 Å². The highest BCUT2D eigenvalue weighted by Gasteiger charge is 2.64. The molecule has 1 spiro atoms. The minimum Gasteiger partial charge on any atom is -0.450 e. The van der Waals surface area contributed by atoms with Gasteiger partial charge in [0.2, 0.25) is 5.91 Å². The first-order valence-corrected chi connectivity index (χ1v) is 11.7. The number of morpholine rings is 1. The minimum absolute atomic E-state index is 0.125. The number of piperidine rings is 2. The van der Waals surface area contributed by atoms with Gasteiger partial charge in [0.1, 0.15) is 0 Å². The Morgan fingerprint density at radius 1 is 1.03 bits per heavy atom. The fourth-order valence-electron chi connectivity index (χ4n) is 7.07. The van der Waals surface area contributed by atoms with Crippen LogP contribution in [0.1, 0.15) is 45.4 Å². The maximum absolute atomic E-state index is 13.1. The van der Waals surface area contributed by atoms with Crippen molar-refractivity contribution in [3.63, 3.8) is 0 Å². The SMILES string of the molecule is CCOC(=O)N1C2COCC1CC(N1C[C@@H]3[C@H](C1)[C@H]3C(=O)N1CCC13CCC3)C2. The second kappa shape index (κ2) is 6.58. The van der Waals surface area contributed by atoms with Gasteiger partial charge in [-0.3, -0.25) is 14.6 Å². The van der Waals surface area contributed by atoms with E-state index in [-0.39, 0.29) is 23.7 Å². The molecule has 6 aliphatic rings. The number of hydrogen-bond acceptors (Lipinski definition) is 5. The molecule has 2 amide bonds. The highest BCUT2D eigenvalue weighted by atomic mass is 16.6. The third-order valence-electron chi connectivity index (χ3n) is 8.92. The Morgan fingerprint density at radius 3 is 2.24 bits per heavy atom. The van der Waals surface area contributed by atoms with Crippen LogP contribution in [-0.4, -0.2) is 89.8 Å². The molecule has 5 atom stereocenters. The molecule has 2 bridgehead atoms. The molecule has 7 heteroatoms. The second-order valence-electron chi connectivity index (χ2n) is 10.2. The molecule has 0 aromatic heterocycles. The van der Waals surface area contributed by atoms with Crippen LogP contribution in [0.25, 0.3) is 0 Å². The van der Waals surface area contributed by atoms with Gasteiger partial charge in [0.25, 0.3) is 0 Å². The first-order chi connectivity index (χ1) is 14.1. The van der Waals surface area contributed by atoms with Crippen molar-refractivity contribution in [2.75, 3.05) is 39.5 Å². The van der Waals surface area contributed by atoms with Crippen LogP contribution in [0.4, 0.5) is 4.79 Å². The summed E-state index contributed by atoms with van der Waals surface area (Å²) in [4.78, 5) is 32.2. The van der Waals surface area contributed by atoms with Crippen LogP contribution < -0.4 is 0 Å². The molecule has 4 saturated heterocycles. The zero-order valence-corrected chi connectivity index (χ0v) is 17.4. The van der Waals surface area contributed by atoms with Crippen LogP contribution in [0.15, 0.2) is 0 Å². The maximum Gasteiger partial charge on any atom is 0.410 e. The molecular weight excluding hydrogens is 370 g/mol. The van der Waals surface area contributed by atoms with Gasteiger partial charge in [0.05, 0.1) is 31.9 Å². The van der Waals surface area contributed by atoms with Crippen LogP contribution in [0.5, 0.6) is 0 Å². The molecule has 0 aromatic carbocycles. The zero-order valence-electron chi connectivity index (χ0n) is 17.4. The lowest BCUT2D eigenvalue weighted by Crippen LogP contribution is -2.66. The Balaban J connectivity index is 1.06. The molecular formula is C22H33N3O4. The van der Waals surface area contributed by atoms with Crippen LogP contribution >= 0.6 is 0 Å². The fourth-order valence-corrected chi connectivity index (χ4v) is 7.07. The van der Waals surface area contributed by atoms with E-state index in [1.54, 1.807) is 0 Å². The summed E-state index contributed by atoms with van der Waals surface area (Å²) in [6.45, 7) is 6.63. The van der Waals surface area contributed by atoms with Crippen molar-refractivity contribution < 1.29 is 19.1 Å². The number of rotatable bonds is 3. The van der Waals surface area contributed by atoms with Crippen molar-refractivity contribution >= 4 is 12.0 Å². The van der Waals surface area contributed by atoms with Gasteiger partial charge in [-0.05, 0) is 57.3 Å². The van der Waals surface area contributed by atoms with Gasteiger partial charge in [-0.25, -0.2) is 4.79 Å². The van der Waals surface area contributed by atoms with E-state index in [1.165, 1.54) is 25.7 Å². The third-order valence-corrected chi connectivity index (χ3v) is 8.92. The van der Waals surface area contributed by atoms with Gasteiger partial charge in [-0.1, -0.05) is 0 Å². The topological polar surface area (TPSA) is 62.3 Å². The van der Waals surface area contributed by atoms with E-state index >= 15 is 0 Å². The molecule has 0 N–H and O–H groups in total. The Hall–Kier alpha value is -1.34. The van der Waals surface area contributed by atoms with Crippen molar-refractivity contribution in [3.8, 4) is 0 Å². The summed E-state index contributed by atoms with van der Waals surface area (Å²) in [5, 5.41) is 0. The van der Waals surface area contributed by atoms with E-state index in [1.807, 2.05) is 11.8 Å². The number of nitrogens with zero attached hydrogens (tertiary/aromatic N) is 3. The monoisotopic (exact) mass is 403 g/mol. The van der Waals surface area contributed by atoms with Crippen LogP contribution in [0.2, 0.25) is 0 Å². The average Bonchev–Trinajstić information content (AvgIpc) is 3.12. The summed E-state index contributed by atoms with van der Waals surface area (Å²) < 4.78 is 11.0. The van der Waals surface area contributed by atoms with Gasteiger partial charge in [-0.2, -0.15) is 0 Å². The highest BCUT2D eigenvalue weighted by Crippen LogP contribution is 2.57. The molecule has 7 nitrogen and oxygen atoms in total. The Labute approximate surface area is 172 Å². The predicted octanol–water partition coefficient (Wildman–Crippen LogP) is 1.71. The first kappa shape index (κ1) is 18.4. The molecule has 0 radical (unpaired) electrons. The van der Waals surface area contributed by atoms with E-state index in [0.717, 1.165) is 32.5 Å². The number of fused-ring (bicyclic) bond motifs is 3. The van der Waals surface area contributed by atoms with Gasteiger partial charge < -0.3 is 14.4 Å². The molecule has 4 heterocycles. The Kier molecular flexibility index (Phi) is 4.18. The van der Waals surface area contributed by atoms with Gasteiger partial charge in [0.15, 0.2) is 0 Å². The van der Waals surface area contributed by atoms with Crippen molar-refractivity contribution in [1.29, 1.82) is 0 Å². The van der Waals surface area contributed by atoms with Gasteiger partial charge in [0, 0.05) is 37.1 Å². The lowest BCUT2D eigenvalue weighted by molar-refractivity contribution is -0.158.